The Kier molecular flexibility index (Phi) is 3.42. The summed E-state index contributed by atoms with van der Waals surface area (Å²) in [4.78, 5) is 16.1. The number of aryl methyl sites for hydroxylation is 2. The van der Waals surface area contributed by atoms with Gasteiger partial charge in [0.25, 0.3) is 5.91 Å². The van der Waals surface area contributed by atoms with E-state index in [-0.39, 0.29) is 5.91 Å². The molecule has 0 bridgehead atoms. The fourth-order valence-corrected chi connectivity index (χ4v) is 1.80. The van der Waals surface area contributed by atoms with Crippen LogP contribution in [0.5, 0.6) is 0 Å². The zero-order valence-corrected chi connectivity index (χ0v) is 10.8. The van der Waals surface area contributed by atoms with Crippen molar-refractivity contribution in [1.82, 2.24) is 4.98 Å². The Morgan fingerprint density at radius 2 is 1.89 bits per heavy atom. The molecule has 2 rings (SSSR count). The van der Waals surface area contributed by atoms with Gasteiger partial charge in [-0.05, 0) is 49.6 Å². The molecule has 3 nitrogen and oxygen atoms in total. The number of carbonyl (C=O) groups is 1. The molecular formula is C15H16N2O. The second-order valence-electron chi connectivity index (χ2n) is 4.39. The molecule has 1 aromatic carbocycles. The topological polar surface area (TPSA) is 42.0 Å². The summed E-state index contributed by atoms with van der Waals surface area (Å²) in [5, 5.41) is 2.94. The number of rotatable bonds is 2. The van der Waals surface area contributed by atoms with Crippen LogP contribution < -0.4 is 5.32 Å². The van der Waals surface area contributed by atoms with Crippen molar-refractivity contribution >= 4 is 11.6 Å². The lowest BCUT2D eigenvalue weighted by Gasteiger charge is -2.11. The van der Waals surface area contributed by atoms with Gasteiger partial charge in [-0.1, -0.05) is 12.1 Å². The van der Waals surface area contributed by atoms with Crippen LogP contribution >= 0.6 is 0 Å². The van der Waals surface area contributed by atoms with Crippen molar-refractivity contribution in [3.05, 3.63) is 58.9 Å². The highest BCUT2D eigenvalue weighted by Crippen LogP contribution is 2.19. The van der Waals surface area contributed by atoms with Crippen molar-refractivity contribution in [1.29, 1.82) is 0 Å². The number of hydrogen-bond acceptors (Lipinski definition) is 2. The van der Waals surface area contributed by atoms with Gasteiger partial charge in [0.15, 0.2) is 0 Å². The zero-order chi connectivity index (χ0) is 13.1. The molecule has 0 radical (unpaired) electrons. The highest BCUT2D eigenvalue weighted by Gasteiger charge is 2.10. The molecule has 1 heterocycles. The maximum absolute atomic E-state index is 12.2. The molecule has 18 heavy (non-hydrogen) atoms. The molecule has 3 heteroatoms. The highest BCUT2D eigenvalue weighted by atomic mass is 16.1. The summed E-state index contributed by atoms with van der Waals surface area (Å²) in [7, 11) is 0. The standard InChI is InChI=1S/C15H16N2O/c1-10-5-4-6-14(12(10)3)17-15(18)13-7-8-16-9-11(13)2/h4-9H,1-3H3,(H,17,18). The molecule has 0 saturated heterocycles. The maximum atomic E-state index is 12.2. The highest BCUT2D eigenvalue weighted by molar-refractivity contribution is 6.05. The van der Waals surface area contributed by atoms with Crippen LogP contribution in [0, 0.1) is 20.8 Å². The monoisotopic (exact) mass is 240 g/mol. The molecule has 1 N–H and O–H groups in total. The first kappa shape index (κ1) is 12.3. The van der Waals surface area contributed by atoms with Crippen LogP contribution in [0.25, 0.3) is 0 Å². The van der Waals surface area contributed by atoms with E-state index in [1.165, 1.54) is 5.56 Å². The summed E-state index contributed by atoms with van der Waals surface area (Å²) < 4.78 is 0. The van der Waals surface area contributed by atoms with E-state index in [1.54, 1.807) is 18.5 Å². The molecule has 2 aromatic rings. The molecule has 1 aromatic heterocycles. The van der Waals surface area contributed by atoms with Gasteiger partial charge in [0.2, 0.25) is 0 Å². The number of amides is 1. The van der Waals surface area contributed by atoms with Crippen LogP contribution in [0.2, 0.25) is 0 Å². The summed E-state index contributed by atoms with van der Waals surface area (Å²) in [5.74, 6) is -0.0939. The first-order valence-electron chi connectivity index (χ1n) is 5.88. The average molecular weight is 240 g/mol. The molecule has 0 saturated carbocycles. The van der Waals surface area contributed by atoms with E-state index < -0.39 is 0 Å². The van der Waals surface area contributed by atoms with Crippen LogP contribution in [0.3, 0.4) is 0 Å². The Bertz CT molecular complexity index is 591. The number of pyridine rings is 1. The predicted molar refractivity (Wildman–Crippen MR) is 72.8 cm³/mol. The fourth-order valence-electron chi connectivity index (χ4n) is 1.80. The summed E-state index contributed by atoms with van der Waals surface area (Å²) in [5.41, 5.74) is 4.65. The molecule has 0 spiro atoms. The number of nitrogens with zero attached hydrogens (tertiary/aromatic N) is 1. The summed E-state index contributed by atoms with van der Waals surface area (Å²) in [6.07, 6.45) is 3.32. The van der Waals surface area contributed by atoms with Crippen LogP contribution in [-0.2, 0) is 0 Å². The Labute approximate surface area is 107 Å². The Morgan fingerprint density at radius 3 is 2.61 bits per heavy atom. The van der Waals surface area contributed by atoms with Gasteiger partial charge in [-0.2, -0.15) is 0 Å². The van der Waals surface area contributed by atoms with Gasteiger partial charge in [0, 0.05) is 23.6 Å². The first-order chi connectivity index (χ1) is 8.59. The Balaban J connectivity index is 2.27. The zero-order valence-electron chi connectivity index (χ0n) is 10.8. The van der Waals surface area contributed by atoms with Crippen LogP contribution in [0.4, 0.5) is 5.69 Å². The van der Waals surface area contributed by atoms with Crippen molar-refractivity contribution in [2.75, 3.05) is 5.32 Å². The van der Waals surface area contributed by atoms with Crippen LogP contribution in [-0.4, -0.2) is 10.9 Å². The Morgan fingerprint density at radius 1 is 1.11 bits per heavy atom. The van der Waals surface area contributed by atoms with Crippen molar-refractivity contribution in [3.63, 3.8) is 0 Å². The third-order valence-electron chi connectivity index (χ3n) is 3.12. The minimum atomic E-state index is -0.0939. The lowest BCUT2D eigenvalue weighted by Crippen LogP contribution is -2.14. The normalized spacial score (nSPS) is 10.2. The molecule has 0 atom stereocenters. The third kappa shape index (κ3) is 2.40. The lowest BCUT2D eigenvalue weighted by atomic mass is 10.1. The molecule has 0 aliphatic heterocycles. The molecule has 0 fully saturated rings. The number of benzene rings is 1. The van der Waals surface area contributed by atoms with E-state index in [4.69, 9.17) is 0 Å². The van der Waals surface area contributed by atoms with Gasteiger partial charge < -0.3 is 5.32 Å². The molecule has 1 amide bonds. The Hall–Kier alpha value is -2.16. The molecule has 92 valence electrons. The van der Waals surface area contributed by atoms with Crippen LogP contribution in [0.15, 0.2) is 36.7 Å². The average Bonchev–Trinajstić information content (AvgIpc) is 2.35. The largest absolute Gasteiger partial charge is 0.322 e. The first-order valence-corrected chi connectivity index (χ1v) is 5.88. The SMILES string of the molecule is Cc1cnccc1C(=O)Nc1cccc(C)c1C. The number of nitrogens with one attached hydrogen (secondary N) is 1. The van der Waals surface area contributed by atoms with E-state index in [0.717, 1.165) is 16.8 Å². The van der Waals surface area contributed by atoms with Gasteiger partial charge in [-0.25, -0.2) is 0 Å². The molecule has 0 unspecified atom stereocenters. The van der Waals surface area contributed by atoms with E-state index in [9.17, 15) is 4.79 Å². The number of hydrogen-bond donors (Lipinski definition) is 1. The maximum Gasteiger partial charge on any atom is 0.256 e. The summed E-state index contributed by atoms with van der Waals surface area (Å²) in [6.45, 7) is 5.91. The minimum absolute atomic E-state index is 0.0939. The lowest BCUT2D eigenvalue weighted by molar-refractivity contribution is 0.102. The van der Waals surface area contributed by atoms with Crippen molar-refractivity contribution in [2.24, 2.45) is 0 Å². The van der Waals surface area contributed by atoms with E-state index >= 15 is 0 Å². The van der Waals surface area contributed by atoms with Crippen molar-refractivity contribution in [2.45, 2.75) is 20.8 Å². The van der Waals surface area contributed by atoms with Crippen molar-refractivity contribution in [3.8, 4) is 0 Å². The quantitative estimate of drug-likeness (QED) is 0.875. The molecular weight excluding hydrogens is 224 g/mol. The second kappa shape index (κ2) is 5.00. The second-order valence-corrected chi connectivity index (χ2v) is 4.39. The smallest absolute Gasteiger partial charge is 0.256 e. The molecule has 0 aliphatic rings. The van der Waals surface area contributed by atoms with Crippen LogP contribution in [0.1, 0.15) is 27.0 Å². The third-order valence-corrected chi connectivity index (χ3v) is 3.12. The van der Waals surface area contributed by atoms with Crippen molar-refractivity contribution < 1.29 is 4.79 Å². The van der Waals surface area contributed by atoms with Gasteiger partial charge >= 0.3 is 0 Å². The number of anilines is 1. The van der Waals surface area contributed by atoms with Gasteiger partial charge in [-0.15, -0.1) is 0 Å². The van der Waals surface area contributed by atoms with Gasteiger partial charge in [-0.3, -0.25) is 9.78 Å². The summed E-state index contributed by atoms with van der Waals surface area (Å²) in [6, 6.07) is 7.62. The summed E-state index contributed by atoms with van der Waals surface area (Å²) >= 11 is 0. The van der Waals surface area contributed by atoms with E-state index in [1.807, 2.05) is 39.0 Å². The number of carbonyl (C=O) groups excluding carboxylic acids is 1. The fraction of sp³-hybridized carbons (Fsp3) is 0.200. The van der Waals surface area contributed by atoms with E-state index in [0.29, 0.717) is 5.56 Å². The number of aromatic nitrogens is 1. The van der Waals surface area contributed by atoms with Gasteiger partial charge in [0.1, 0.15) is 0 Å². The minimum Gasteiger partial charge on any atom is -0.322 e. The molecule has 0 aliphatic carbocycles. The predicted octanol–water partition coefficient (Wildman–Crippen LogP) is 3.26. The van der Waals surface area contributed by atoms with Gasteiger partial charge in [0.05, 0.1) is 0 Å². The van der Waals surface area contributed by atoms with E-state index in [2.05, 4.69) is 10.3 Å².